The number of aromatic nitrogens is 1. The van der Waals surface area contributed by atoms with Crippen molar-refractivity contribution in [2.45, 2.75) is 25.3 Å². The van der Waals surface area contributed by atoms with Crippen LogP contribution < -0.4 is 20.3 Å². The van der Waals surface area contributed by atoms with Gasteiger partial charge >= 0.3 is 0 Å². The molecular weight excluding hydrogens is 468 g/mol. The second-order valence-corrected chi connectivity index (χ2v) is 9.22. The first-order valence-electron chi connectivity index (χ1n) is 12.1. The molecule has 1 atom stereocenters. The number of carbonyl (C=O) groups excluding carboxylic acids is 2. The lowest BCUT2D eigenvalue weighted by Crippen LogP contribution is -2.29. The smallest absolute Gasteiger partial charge is 0.258 e. The van der Waals surface area contributed by atoms with Crippen LogP contribution >= 0.6 is 0 Å². The van der Waals surface area contributed by atoms with Crippen molar-refractivity contribution in [1.82, 2.24) is 9.88 Å². The summed E-state index contributed by atoms with van der Waals surface area (Å²) >= 11 is 0. The summed E-state index contributed by atoms with van der Waals surface area (Å²) < 4.78 is 12.3. The molecule has 5 rings (SSSR count). The van der Waals surface area contributed by atoms with Crippen molar-refractivity contribution < 1.29 is 19.1 Å². The average molecular weight is 497 g/mol. The van der Waals surface area contributed by atoms with Crippen molar-refractivity contribution >= 4 is 22.5 Å². The number of carbonyl (C=O) groups is 2. The van der Waals surface area contributed by atoms with E-state index in [4.69, 9.17) is 9.47 Å². The molecule has 7 nitrogen and oxygen atoms in total. The third kappa shape index (κ3) is 4.48. The highest BCUT2D eigenvalue weighted by Gasteiger charge is 2.31. The summed E-state index contributed by atoms with van der Waals surface area (Å²) in [5.74, 6) is 0.940. The molecule has 1 aliphatic carbocycles. The second kappa shape index (κ2) is 9.93. The van der Waals surface area contributed by atoms with Gasteiger partial charge < -0.3 is 19.4 Å². The minimum Gasteiger partial charge on any atom is -0.497 e. The van der Waals surface area contributed by atoms with Crippen molar-refractivity contribution in [3.63, 3.8) is 0 Å². The standard InChI is InChI=1S/C30H28N2O5/c1-32-26(17-31-28(34)14-19-13-27(33)22-11-9-20(36-2)15-24(19)22)29(18-7-5-4-6-8-18)25-16-21(37-3)10-12-23(25)30(32)35/h4-12,15-16,19H,13-14,17H2,1-3H3,(H,31,34). The van der Waals surface area contributed by atoms with Gasteiger partial charge in [0.25, 0.3) is 5.56 Å². The number of nitrogens with one attached hydrogen (secondary N) is 1. The predicted octanol–water partition coefficient (Wildman–Crippen LogP) is 4.60. The number of ether oxygens (including phenoxy) is 2. The Labute approximate surface area is 214 Å². The van der Waals surface area contributed by atoms with Crippen LogP contribution in [-0.2, 0) is 18.4 Å². The number of amides is 1. The quantitative estimate of drug-likeness (QED) is 0.404. The molecule has 0 radical (unpaired) electrons. The van der Waals surface area contributed by atoms with Gasteiger partial charge in [0.05, 0.1) is 20.8 Å². The van der Waals surface area contributed by atoms with Gasteiger partial charge in [-0.15, -0.1) is 0 Å². The summed E-state index contributed by atoms with van der Waals surface area (Å²) in [7, 11) is 4.89. The molecule has 0 aliphatic heterocycles. The van der Waals surface area contributed by atoms with Crippen LogP contribution in [-0.4, -0.2) is 30.5 Å². The Morgan fingerprint density at radius 2 is 1.65 bits per heavy atom. The molecule has 1 N–H and O–H groups in total. The van der Waals surface area contributed by atoms with E-state index in [2.05, 4.69) is 5.32 Å². The molecule has 0 fully saturated rings. The highest BCUT2D eigenvalue weighted by atomic mass is 16.5. The van der Waals surface area contributed by atoms with Gasteiger partial charge in [-0.1, -0.05) is 30.3 Å². The normalized spacial score (nSPS) is 14.5. The summed E-state index contributed by atoms with van der Waals surface area (Å²) in [6.45, 7) is 0.160. The molecule has 0 saturated heterocycles. The SMILES string of the molecule is COc1ccc2c(c1)C(CC(=O)NCc1c(-c3ccccc3)c3cc(OC)ccc3c(=O)n1C)CC2=O. The molecule has 37 heavy (non-hydrogen) atoms. The topological polar surface area (TPSA) is 86.6 Å². The lowest BCUT2D eigenvalue weighted by atomic mass is 9.96. The van der Waals surface area contributed by atoms with Crippen LogP contribution in [0.2, 0.25) is 0 Å². The van der Waals surface area contributed by atoms with Gasteiger partial charge in [0.1, 0.15) is 11.5 Å². The van der Waals surface area contributed by atoms with Gasteiger partial charge in [-0.05, 0) is 47.5 Å². The second-order valence-electron chi connectivity index (χ2n) is 9.22. The minimum atomic E-state index is -0.212. The third-order valence-corrected chi connectivity index (χ3v) is 7.10. The first-order chi connectivity index (χ1) is 17.9. The van der Waals surface area contributed by atoms with Crippen LogP contribution in [0.3, 0.4) is 0 Å². The van der Waals surface area contributed by atoms with Gasteiger partial charge in [-0.25, -0.2) is 0 Å². The Bertz CT molecular complexity index is 1570. The number of methoxy groups -OCH3 is 2. The third-order valence-electron chi connectivity index (χ3n) is 7.10. The Kier molecular flexibility index (Phi) is 6.53. The number of hydrogen-bond acceptors (Lipinski definition) is 5. The number of Topliss-reactive ketones (excluding diaryl/α,β-unsaturated/α-hetero) is 1. The Balaban J connectivity index is 1.48. The number of fused-ring (bicyclic) bond motifs is 2. The molecule has 1 aromatic heterocycles. The maximum absolute atomic E-state index is 13.2. The molecule has 0 saturated carbocycles. The largest absolute Gasteiger partial charge is 0.497 e. The highest BCUT2D eigenvalue weighted by molar-refractivity contribution is 6.02. The number of pyridine rings is 1. The van der Waals surface area contributed by atoms with Crippen LogP contribution in [0, 0.1) is 0 Å². The molecule has 1 aliphatic rings. The van der Waals surface area contributed by atoms with E-state index in [1.54, 1.807) is 50.1 Å². The molecule has 0 bridgehead atoms. The molecule has 7 heteroatoms. The van der Waals surface area contributed by atoms with Gasteiger partial charge in [0, 0.05) is 53.4 Å². The van der Waals surface area contributed by atoms with Gasteiger partial charge in [-0.2, -0.15) is 0 Å². The Morgan fingerprint density at radius 1 is 0.946 bits per heavy atom. The van der Waals surface area contributed by atoms with Gasteiger partial charge in [0.2, 0.25) is 5.91 Å². The van der Waals surface area contributed by atoms with Gasteiger partial charge in [0.15, 0.2) is 5.78 Å². The fourth-order valence-electron chi connectivity index (χ4n) is 5.17. The zero-order valence-corrected chi connectivity index (χ0v) is 21.0. The van der Waals surface area contributed by atoms with Crippen LogP contribution in [0.15, 0.2) is 71.5 Å². The maximum atomic E-state index is 13.2. The van der Waals surface area contributed by atoms with E-state index in [1.165, 1.54) is 0 Å². The van der Waals surface area contributed by atoms with Crippen LogP contribution in [0.4, 0.5) is 0 Å². The fourth-order valence-corrected chi connectivity index (χ4v) is 5.17. The van der Waals surface area contributed by atoms with E-state index in [1.807, 2.05) is 42.5 Å². The van der Waals surface area contributed by atoms with E-state index in [9.17, 15) is 14.4 Å². The lowest BCUT2D eigenvalue weighted by molar-refractivity contribution is -0.121. The van der Waals surface area contributed by atoms with Crippen molar-refractivity contribution in [2.75, 3.05) is 14.2 Å². The van der Waals surface area contributed by atoms with Crippen LogP contribution in [0.5, 0.6) is 11.5 Å². The number of hydrogen-bond donors (Lipinski definition) is 1. The van der Waals surface area contributed by atoms with Crippen molar-refractivity contribution in [3.05, 3.63) is 93.9 Å². The molecule has 3 aromatic carbocycles. The van der Waals surface area contributed by atoms with Gasteiger partial charge in [-0.3, -0.25) is 14.4 Å². The monoisotopic (exact) mass is 496 g/mol. The fraction of sp³-hybridized carbons (Fsp3) is 0.233. The van der Waals surface area contributed by atoms with Crippen molar-refractivity contribution in [1.29, 1.82) is 0 Å². The lowest BCUT2D eigenvalue weighted by Gasteiger charge is -2.19. The summed E-state index contributed by atoms with van der Waals surface area (Å²) in [5, 5.41) is 4.34. The Hall–Kier alpha value is -4.39. The molecule has 0 spiro atoms. The molecule has 188 valence electrons. The van der Waals surface area contributed by atoms with E-state index >= 15 is 0 Å². The van der Waals surface area contributed by atoms with Crippen LogP contribution in [0.25, 0.3) is 21.9 Å². The zero-order chi connectivity index (χ0) is 26.1. The molecule has 4 aromatic rings. The summed E-state index contributed by atoms with van der Waals surface area (Å²) in [4.78, 5) is 38.8. The number of ketones is 1. The number of rotatable bonds is 7. The number of nitrogens with zero attached hydrogens (tertiary/aromatic N) is 1. The summed E-state index contributed by atoms with van der Waals surface area (Å²) in [5.41, 5.74) is 3.83. The highest BCUT2D eigenvalue weighted by Crippen LogP contribution is 2.38. The van der Waals surface area contributed by atoms with E-state index in [0.717, 1.165) is 22.1 Å². The predicted molar refractivity (Wildman–Crippen MR) is 142 cm³/mol. The first kappa shape index (κ1) is 24.3. The maximum Gasteiger partial charge on any atom is 0.258 e. The van der Waals surface area contributed by atoms with Crippen LogP contribution in [0.1, 0.15) is 40.4 Å². The molecule has 1 unspecified atom stereocenters. The molecular formula is C30H28N2O5. The zero-order valence-electron chi connectivity index (χ0n) is 21.0. The molecule has 1 heterocycles. The Morgan fingerprint density at radius 3 is 2.38 bits per heavy atom. The summed E-state index contributed by atoms with van der Waals surface area (Å²) in [6.07, 6.45) is 0.460. The van der Waals surface area contributed by atoms with Crippen molar-refractivity contribution in [3.8, 4) is 22.6 Å². The minimum absolute atomic E-state index is 0.0349. The van der Waals surface area contributed by atoms with E-state index < -0.39 is 0 Å². The average Bonchev–Trinajstić information content (AvgIpc) is 3.23. The van der Waals surface area contributed by atoms with E-state index in [-0.39, 0.29) is 36.1 Å². The van der Waals surface area contributed by atoms with Crippen molar-refractivity contribution in [2.24, 2.45) is 7.05 Å². The first-order valence-corrected chi connectivity index (χ1v) is 12.1. The summed E-state index contributed by atoms with van der Waals surface area (Å²) in [6, 6.07) is 20.6. The molecule has 1 amide bonds. The number of benzene rings is 3. The van der Waals surface area contributed by atoms with E-state index in [0.29, 0.717) is 34.6 Å².